The predicted molar refractivity (Wildman–Crippen MR) is 74.2 cm³/mol. The molecule has 1 aromatic carbocycles. The summed E-state index contributed by atoms with van der Waals surface area (Å²) in [7, 11) is 3.93. The molecule has 106 valence electrons. The first-order chi connectivity index (χ1) is 9.02. The Morgan fingerprint density at radius 2 is 2.16 bits per heavy atom. The number of nitrogens with one attached hydrogen (secondary N) is 1. The van der Waals surface area contributed by atoms with Gasteiger partial charge in [0.25, 0.3) is 5.91 Å². The summed E-state index contributed by atoms with van der Waals surface area (Å²) in [6, 6.07) is 4.68. The monoisotopic (exact) mass is 267 g/mol. The van der Waals surface area contributed by atoms with Crippen LogP contribution in [0.2, 0.25) is 0 Å². The highest BCUT2D eigenvalue weighted by Crippen LogP contribution is 2.23. The van der Waals surface area contributed by atoms with Crippen molar-refractivity contribution in [2.75, 3.05) is 46.1 Å². The van der Waals surface area contributed by atoms with Gasteiger partial charge < -0.3 is 25.8 Å². The van der Waals surface area contributed by atoms with Gasteiger partial charge in [0.15, 0.2) is 5.75 Å². The predicted octanol–water partition coefficient (Wildman–Crippen LogP) is 0.282. The number of phenols is 1. The number of nitrogen functional groups attached to an aromatic ring is 1. The van der Waals surface area contributed by atoms with Crippen LogP contribution in [0.5, 0.6) is 5.75 Å². The van der Waals surface area contributed by atoms with Crippen LogP contribution in [0.4, 0.5) is 5.69 Å². The summed E-state index contributed by atoms with van der Waals surface area (Å²) in [5.41, 5.74) is 5.89. The number of para-hydroxylation sites is 1. The van der Waals surface area contributed by atoms with Crippen LogP contribution >= 0.6 is 0 Å². The van der Waals surface area contributed by atoms with E-state index in [4.69, 9.17) is 10.5 Å². The quantitative estimate of drug-likeness (QED) is 0.375. The SMILES string of the molecule is CN(C)CCOCCNC(=O)c1cccc(N)c1O. The van der Waals surface area contributed by atoms with Crippen molar-refractivity contribution < 1.29 is 14.6 Å². The average Bonchev–Trinajstić information content (AvgIpc) is 2.36. The lowest BCUT2D eigenvalue weighted by molar-refractivity contribution is 0.0898. The van der Waals surface area contributed by atoms with Crippen LogP contribution < -0.4 is 11.1 Å². The maximum absolute atomic E-state index is 11.8. The van der Waals surface area contributed by atoms with Gasteiger partial charge in [-0.2, -0.15) is 0 Å². The molecule has 6 nitrogen and oxygen atoms in total. The second-order valence-corrected chi connectivity index (χ2v) is 4.41. The maximum Gasteiger partial charge on any atom is 0.255 e. The highest BCUT2D eigenvalue weighted by atomic mass is 16.5. The second-order valence-electron chi connectivity index (χ2n) is 4.41. The number of nitrogens with two attached hydrogens (primary N) is 1. The van der Waals surface area contributed by atoms with Crippen molar-refractivity contribution in [1.82, 2.24) is 10.2 Å². The van der Waals surface area contributed by atoms with Crippen LogP contribution in [-0.4, -0.2) is 56.3 Å². The number of carbonyl (C=O) groups is 1. The first-order valence-electron chi connectivity index (χ1n) is 6.10. The summed E-state index contributed by atoms with van der Waals surface area (Å²) in [5.74, 6) is -0.547. The van der Waals surface area contributed by atoms with Gasteiger partial charge in [-0.1, -0.05) is 6.07 Å². The molecule has 0 spiro atoms. The summed E-state index contributed by atoms with van der Waals surface area (Å²) in [6.07, 6.45) is 0. The van der Waals surface area contributed by atoms with Gasteiger partial charge in [-0.05, 0) is 26.2 Å². The Kier molecular flexibility index (Phi) is 6.11. The Morgan fingerprint density at radius 3 is 2.84 bits per heavy atom. The van der Waals surface area contributed by atoms with Crippen molar-refractivity contribution in [3.63, 3.8) is 0 Å². The van der Waals surface area contributed by atoms with Gasteiger partial charge >= 0.3 is 0 Å². The van der Waals surface area contributed by atoms with Crippen LogP contribution in [0.25, 0.3) is 0 Å². The third kappa shape index (κ3) is 5.15. The molecule has 0 unspecified atom stereocenters. The number of anilines is 1. The molecule has 0 saturated heterocycles. The Labute approximate surface area is 113 Å². The minimum atomic E-state index is -0.360. The molecule has 0 aliphatic heterocycles. The Balaban J connectivity index is 2.30. The number of hydrogen-bond acceptors (Lipinski definition) is 5. The number of likely N-dealkylation sites (N-methyl/N-ethyl adjacent to an activating group) is 1. The second kappa shape index (κ2) is 7.60. The van der Waals surface area contributed by atoms with Crippen LogP contribution in [0, 0.1) is 0 Å². The van der Waals surface area contributed by atoms with Crippen molar-refractivity contribution in [3.05, 3.63) is 23.8 Å². The van der Waals surface area contributed by atoms with Crippen molar-refractivity contribution in [2.24, 2.45) is 0 Å². The Hall–Kier alpha value is -1.79. The maximum atomic E-state index is 11.8. The van der Waals surface area contributed by atoms with E-state index in [0.717, 1.165) is 6.54 Å². The number of carbonyl (C=O) groups excluding carboxylic acids is 1. The summed E-state index contributed by atoms with van der Waals surface area (Å²) < 4.78 is 5.34. The molecule has 0 aromatic heterocycles. The minimum absolute atomic E-state index is 0.174. The zero-order valence-corrected chi connectivity index (χ0v) is 11.3. The summed E-state index contributed by atoms with van der Waals surface area (Å²) in [5, 5.41) is 12.3. The molecule has 1 aromatic rings. The molecule has 0 radical (unpaired) electrons. The van der Waals surface area contributed by atoms with Crippen LogP contribution in [0.15, 0.2) is 18.2 Å². The molecule has 0 aliphatic carbocycles. The minimum Gasteiger partial charge on any atom is -0.505 e. The van der Waals surface area contributed by atoms with E-state index >= 15 is 0 Å². The number of ether oxygens (including phenoxy) is 1. The third-order valence-corrected chi connectivity index (χ3v) is 2.53. The summed E-state index contributed by atoms with van der Waals surface area (Å²) in [6.45, 7) is 2.28. The van der Waals surface area contributed by atoms with Gasteiger partial charge in [0.05, 0.1) is 24.5 Å². The van der Waals surface area contributed by atoms with Gasteiger partial charge in [-0.3, -0.25) is 4.79 Å². The zero-order valence-electron chi connectivity index (χ0n) is 11.3. The molecule has 0 atom stereocenters. The van der Waals surface area contributed by atoms with Gasteiger partial charge in [0.2, 0.25) is 0 Å². The van der Waals surface area contributed by atoms with Crippen LogP contribution in [-0.2, 0) is 4.74 Å². The van der Waals surface area contributed by atoms with E-state index in [1.165, 1.54) is 12.1 Å². The number of hydrogen-bond donors (Lipinski definition) is 3. The van der Waals surface area contributed by atoms with Gasteiger partial charge in [0.1, 0.15) is 0 Å². The number of amides is 1. The summed E-state index contributed by atoms with van der Waals surface area (Å²) in [4.78, 5) is 13.8. The number of benzene rings is 1. The highest BCUT2D eigenvalue weighted by molar-refractivity contribution is 5.98. The van der Waals surface area contributed by atoms with Gasteiger partial charge in [-0.15, -0.1) is 0 Å². The number of nitrogens with zero attached hydrogens (tertiary/aromatic N) is 1. The summed E-state index contributed by atoms with van der Waals surface area (Å²) >= 11 is 0. The number of aromatic hydroxyl groups is 1. The molecule has 0 aliphatic rings. The van der Waals surface area contributed by atoms with E-state index in [0.29, 0.717) is 19.8 Å². The van der Waals surface area contributed by atoms with E-state index in [2.05, 4.69) is 5.32 Å². The molecule has 0 bridgehead atoms. The molecular formula is C13H21N3O3. The van der Waals surface area contributed by atoms with Crippen molar-refractivity contribution in [1.29, 1.82) is 0 Å². The van der Waals surface area contributed by atoms with Crippen molar-refractivity contribution >= 4 is 11.6 Å². The molecule has 0 fully saturated rings. The van der Waals surface area contributed by atoms with E-state index in [9.17, 15) is 9.90 Å². The highest BCUT2D eigenvalue weighted by Gasteiger charge is 2.11. The Morgan fingerprint density at radius 1 is 1.42 bits per heavy atom. The van der Waals surface area contributed by atoms with Gasteiger partial charge in [-0.25, -0.2) is 0 Å². The first kappa shape index (κ1) is 15.3. The molecule has 6 heteroatoms. The fourth-order valence-corrected chi connectivity index (χ4v) is 1.43. The largest absolute Gasteiger partial charge is 0.505 e. The Bertz CT molecular complexity index is 422. The topological polar surface area (TPSA) is 87.8 Å². The molecule has 0 saturated carbocycles. The van der Waals surface area contributed by atoms with Crippen molar-refractivity contribution in [3.8, 4) is 5.75 Å². The lowest BCUT2D eigenvalue weighted by Crippen LogP contribution is -2.28. The molecule has 19 heavy (non-hydrogen) atoms. The third-order valence-electron chi connectivity index (χ3n) is 2.53. The smallest absolute Gasteiger partial charge is 0.255 e. The average molecular weight is 267 g/mol. The van der Waals surface area contributed by atoms with E-state index in [1.807, 2.05) is 19.0 Å². The molecule has 4 N–H and O–H groups in total. The number of rotatable bonds is 7. The van der Waals surface area contributed by atoms with E-state index in [-0.39, 0.29) is 22.9 Å². The van der Waals surface area contributed by atoms with Crippen molar-refractivity contribution in [2.45, 2.75) is 0 Å². The molecular weight excluding hydrogens is 246 g/mol. The van der Waals surface area contributed by atoms with Crippen LogP contribution in [0.1, 0.15) is 10.4 Å². The molecule has 0 heterocycles. The lowest BCUT2D eigenvalue weighted by atomic mass is 10.1. The molecule has 1 amide bonds. The standard InChI is InChI=1S/C13H21N3O3/c1-16(2)7-9-19-8-6-15-13(18)10-4-3-5-11(14)12(10)17/h3-5,17H,6-9,14H2,1-2H3,(H,15,18). The number of phenolic OH excluding ortho intramolecular Hbond substituents is 1. The fraction of sp³-hybridized carbons (Fsp3) is 0.462. The van der Waals surface area contributed by atoms with E-state index in [1.54, 1.807) is 6.07 Å². The van der Waals surface area contributed by atoms with Crippen LogP contribution in [0.3, 0.4) is 0 Å². The fourth-order valence-electron chi connectivity index (χ4n) is 1.43. The lowest BCUT2D eigenvalue weighted by Gasteiger charge is -2.11. The molecule has 1 rings (SSSR count). The first-order valence-corrected chi connectivity index (χ1v) is 6.10. The zero-order chi connectivity index (χ0) is 14.3. The van der Waals surface area contributed by atoms with Gasteiger partial charge in [0, 0.05) is 13.1 Å². The normalized spacial score (nSPS) is 10.7. The van der Waals surface area contributed by atoms with E-state index < -0.39 is 0 Å².